The third kappa shape index (κ3) is 3.03. The van der Waals surface area contributed by atoms with Crippen LogP contribution in [0.25, 0.3) is 0 Å². The maximum absolute atomic E-state index is 11.9. The van der Waals surface area contributed by atoms with Crippen LogP contribution in [0.1, 0.15) is 20.8 Å². The molecule has 0 radical (unpaired) electrons. The number of hydrogen-bond acceptors (Lipinski definition) is 4. The summed E-state index contributed by atoms with van der Waals surface area (Å²) < 4.78 is 9.78. The Bertz CT molecular complexity index is 338. The van der Waals surface area contributed by atoms with Crippen LogP contribution < -0.4 is 0 Å². The molecule has 0 spiro atoms. The van der Waals surface area contributed by atoms with Crippen molar-refractivity contribution in [2.75, 3.05) is 20.3 Å². The molecule has 1 amide bonds. The van der Waals surface area contributed by atoms with Crippen molar-refractivity contribution < 1.29 is 19.1 Å². The Morgan fingerprint density at radius 2 is 2.17 bits per heavy atom. The third-order valence-electron chi connectivity index (χ3n) is 3.10. The number of allylic oxidation sites excluding steroid dienone is 1. The number of methoxy groups -OCH3 is 1. The molecule has 0 N–H and O–H groups in total. The molecule has 5 nitrogen and oxygen atoms in total. The maximum atomic E-state index is 11.9. The zero-order valence-electron chi connectivity index (χ0n) is 11.4. The number of ether oxygens (including phenoxy) is 2. The summed E-state index contributed by atoms with van der Waals surface area (Å²) in [6, 6.07) is -0.308. The summed E-state index contributed by atoms with van der Waals surface area (Å²) in [4.78, 5) is 25.1. The summed E-state index contributed by atoms with van der Waals surface area (Å²) in [5, 5.41) is 0. The number of carbonyl (C=O) groups is 2. The second-order valence-electron chi connectivity index (χ2n) is 4.62. The third-order valence-corrected chi connectivity index (χ3v) is 3.10. The van der Waals surface area contributed by atoms with E-state index in [0.29, 0.717) is 13.2 Å². The quantitative estimate of drug-likeness (QED) is 0.555. The first-order chi connectivity index (χ1) is 8.52. The van der Waals surface area contributed by atoms with E-state index in [1.54, 1.807) is 4.90 Å². The van der Waals surface area contributed by atoms with Gasteiger partial charge in [0.05, 0.1) is 25.6 Å². The van der Waals surface area contributed by atoms with Crippen LogP contribution in [0.5, 0.6) is 0 Å². The van der Waals surface area contributed by atoms with Crippen LogP contribution >= 0.6 is 0 Å². The summed E-state index contributed by atoms with van der Waals surface area (Å²) in [5.74, 6) is -0.600. The van der Waals surface area contributed by atoms with Crippen LogP contribution in [0.15, 0.2) is 12.2 Å². The van der Waals surface area contributed by atoms with E-state index in [2.05, 4.69) is 0 Å². The molecule has 1 heterocycles. The van der Waals surface area contributed by atoms with Gasteiger partial charge in [-0.25, -0.2) is 4.79 Å². The van der Waals surface area contributed by atoms with E-state index in [4.69, 9.17) is 9.47 Å². The highest BCUT2D eigenvalue weighted by Gasteiger charge is 2.39. The lowest BCUT2D eigenvalue weighted by atomic mass is 9.87. The minimum Gasteiger partial charge on any atom is -0.469 e. The lowest BCUT2D eigenvalue weighted by Crippen LogP contribution is -2.45. The van der Waals surface area contributed by atoms with Crippen LogP contribution in [0.2, 0.25) is 0 Å². The van der Waals surface area contributed by atoms with Crippen LogP contribution in [-0.2, 0) is 14.3 Å². The van der Waals surface area contributed by atoms with Crippen LogP contribution in [0.3, 0.4) is 0 Å². The molecule has 5 heteroatoms. The fourth-order valence-electron chi connectivity index (χ4n) is 2.23. The number of amides is 1. The van der Waals surface area contributed by atoms with Gasteiger partial charge < -0.3 is 9.47 Å². The summed E-state index contributed by atoms with van der Waals surface area (Å²) in [7, 11) is 1.37. The SMILES string of the molecule is C/C=C/[C@H]([C@H](C(=O)OC)C(C)C)N1CCOC1=O. The van der Waals surface area contributed by atoms with Crippen molar-refractivity contribution in [1.82, 2.24) is 4.90 Å². The van der Waals surface area contributed by atoms with E-state index < -0.39 is 0 Å². The normalized spacial score (nSPS) is 19.2. The molecule has 1 rings (SSSR count). The van der Waals surface area contributed by atoms with Crippen molar-refractivity contribution in [3.8, 4) is 0 Å². The van der Waals surface area contributed by atoms with Gasteiger partial charge in [0.1, 0.15) is 6.61 Å². The van der Waals surface area contributed by atoms with Gasteiger partial charge in [-0.3, -0.25) is 9.69 Å². The molecule has 2 atom stereocenters. The van der Waals surface area contributed by atoms with Crippen molar-refractivity contribution in [2.45, 2.75) is 26.8 Å². The standard InChI is InChI=1S/C13H21NO4/c1-5-6-10(14-7-8-18-13(14)16)11(9(2)3)12(15)17-4/h5-6,9-11H,7-8H2,1-4H3/b6-5+/t10-,11-/m1/s1. The van der Waals surface area contributed by atoms with Gasteiger partial charge in [-0.2, -0.15) is 0 Å². The lowest BCUT2D eigenvalue weighted by Gasteiger charge is -2.31. The predicted octanol–water partition coefficient (Wildman–Crippen LogP) is 1.83. The molecule has 1 aliphatic rings. The summed E-state index contributed by atoms with van der Waals surface area (Å²) >= 11 is 0. The maximum Gasteiger partial charge on any atom is 0.410 e. The van der Waals surface area contributed by atoms with Crippen LogP contribution in [0, 0.1) is 11.8 Å². The molecular formula is C13H21NO4. The predicted molar refractivity (Wildman–Crippen MR) is 67.0 cm³/mol. The highest BCUT2D eigenvalue weighted by molar-refractivity contribution is 5.76. The van der Waals surface area contributed by atoms with Crippen molar-refractivity contribution in [2.24, 2.45) is 11.8 Å². The molecule has 0 aliphatic carbocycles. The summed E-state index contributed by atoms with van der Waals surface area (Å²) in [5.41, 5.74) is 0. The average Bonchev–Trinajstić information content (AvgIpc) is 2.74. The smallest absolute Gasteiger partial charge is 0.410 e. The largest absolute Gasteiger partial charge is 0.469 e. The molecule has 0 saturated carbocycles. The number of cyclic esters (lactones) is 1. The molecule has 0 bridgehead atoms. The molecule has 1 saturated heterocycles. The lowest BCUT2D eigenvalue weighted by molar-refractivity contribution is -0.148. The number of carbonyl (C=O) groups excluding carboxylic acids is 2. The first-order valence-corrected chi connectivity index (χ1v) is 6.17. The Balaban J connectivity index is 3.00. The summed E-state index contributed by atoms with van der Waals surface area (Å²) in [6.07, 6.45) is 3.33. The van der Waals surface area contributed by atoms with Crippen LogP contribution in [0.4, 0.5) is 4.79 Å². The topological polar surface area (TPSA) is 55.8 Å². The Morgan fingerprint density at radius 3 is 2.56 bits per heavy atom. The fraction of sp³-hybridized carbons (Fsp3) is 0.692. The molecule has 1 fully saturated rings. The van der Waals surface area contributed by atoms with E-state index in [1.807, 2.05) is 32.9 Å². The highest BCUT2D eigenvalue weighted by atomic mass is 16.6. The number of esters is 1. The number of hydrogen-bond donors (Lipinski definition) is 0. The molecule has 0 aromatic carbocycles. The minimum absolute atomic E-state index is 0.0760. The van der Waals surface area contributed by atoms with Crippen molar-refractivity contribution in [3.05, 3.63) is 12.2 Å². The second-order valence-corrected chi connectivity index (χ2v) is 4.62. The van der Waals surface area contributed by atoms with Gasteiger partial charge in [0.2, 0.25) is 0 Å². The Hall–Kier alpha value is -1.52. The van der Waals surface area contributed by atoms with Crippen molar-refractivity contribution in [1.29, 1.82) is 0 Å². The van der Waals surface area contributed by atoms with E-state index in [9.17, 15) is 9.59 Å². The molecular weight excluding hydrogens is 234 g/mol. The Morgan fingerprint density at radius 1 is 1.50 bits per heavy atom. The van der Waals surface area contributed by atoms with Gasteiger partial charge >= 0.3 is 12.1 Å². The monoisotopic (exact) mass is 255 g/mol. The number of nitrogens with zero attached hydrogens (tertiary/aromatic N) is 1. The molecule has 0 aromatic heterocycles. The Labute approximate surface area is 108 Å². The number of rotatable bonds is 5. The van der Waals surface area contributed by atoms with Crippen LogP contribution in [-0.4, -0.2) is 43.3 Å². The van der Waals surface area contributed by atoms with Gasteiger partial charge in [0, 0.05) is 0 Å². The van der Waals surface area contributed by atoms with Gasteiger partial charge in [-0.1, -0.05) is 26.0 Å². The molecule has 0 unspecified atom stereocenters. The first-order valence-electron chi connectivity index (χ1n) is 6.17. The van der Waals surface area contributed by atoms with E-state index in [-0.39, 0.29) is 29.9 Å². The van der Waals surface area contributed by atoms with Crippen molar-refractivity contribution >= 4 is 12.1 Å². The Kier molecular flexibility index (Phi) is 5.19. The molecule has 18 heavy (non-hydrogen) atoms. The second kappa shape index (κ2) is 6.42. The molecule has 102 valence electrons. The van der Waals surface area contributed by atoms with Gasteiger partial charge in [0.15, 0.2) is 0 Å². The molecule has 1 aliphatic heterocycles. The van der Waals surface area contributed by atoms with Crippen molar-refractivity contribution in [3.63, 3.8) is 0 Å². The van der Waals surface area contributed by atoms with Gasteiger partial charge in [-0.05, 0) is 12.8 Å². The van der Waals surface area contributed by atoms with Gasteiger partial charge in [0.25, 0.3) is 0 Å². The fourth-order valence-corrected chi connectivity index (χ4v) is 2.23. The average molecular weight is 255 g/mol. The summed E-state index contributed by atoms with van der Waals surface area (Å²) in [6.45, 7) is 6.63. The zero-order chi connectivity index (χ0) is 13.7. The molecule has 0 aromatic rings. The first kappa shape index (κ1) is 14.5. The van der Waals surface area contributed by atoms with E-state index in [1.165, 1.54) is 7.11 Å². The van der Waals surface area contributed by atoms with E-state index in [0.717, 1.165) is 0 Å². The zero-order valence-corrected chi connectivity index (χ0v) is 11.4. The minimum atomic E-state index is -0.378. The highest BCUT2D eigenvalue weighted by Crippen LogP contribution is 2.25. The van der Waals surface area contributed by atoms with E-state index >= 15 is 0 Å². The van der Waals surface area contributed by atoms with Gasteiger partial charge in [-0.15, -0.1) is 0 Å².